The largest absolute Gasteiger partial charge is 0.468 e. The van der Waals surface area contributed by atoms with E-state index in [0.717, 1.165) is 18.5 Å². The summed E-state index contributed by atoms with van der Waals surface area (Å²) in [5.74, 6) is -1.38. The number of carbonyl (C=O) groups excluding carboxylic acids is 1. The summed E-state index contributed by atoms with van der Waals surface area (Å²) in [6.07, 6.45) is 2.18. The average Bonchev–Trinajstić information content (AvgIpc) is 2.36. The summed E-state index contributed by atoms with van der Waals surface area (Å²) in [5, 5.41) is 0. The van der Waals surface area contributed by atoms with Crippen LogP contribution in [0.25, 0.3) is 0 Å². The molecule has 1 rings (SSSR count). The third kappa shape index (κ3) is 4.53. The van der Waals surface area contributed by atoms with E-state index in [2.05, 4.69) is 14.4 Å². The van der Waals surface area contributed by atoms with E-state index in [1.807, 2.05) is 13.8 Å². The van der Waals surface area contributed by atoms with Crippen molar-refractivity contribution in [2.24, 2.45) is 5.92 Å². The first-order chi connectivity index (χ1) is 9.26. The van der Waals surface area contributed by atoms with Crippen LogP contribution in [-0.2, 0) is 19.6 Å². The molecule has 1 aromatic heterocycles. The molecule has 0 saturated heterocycles. The lowest BCUT2D eigenvalue weighted by atomic mass is 10.1. The zero-order valence-electron chi connectivity index (χ0n) is 11.5. The molecule has 8 heteroatoms. The Morgan fingerprint density at radius 2 is 2.10 bits per heavy atom. The number of esters is 1. The molecule has 1 atom stereocenters. The van der Waals surface area contributed by atoms with Crippen LogP contribution in [0.4, 0.5) is 4.39 Å². The summed E-state index contributed by atoms with van der Waals surface area (Å²) in [6.45, 7) is 3.68. The van der Waals surface area contributed by atoms with Gasteiger partial charge in [-0.15, -0.1) is 0 Å². The van der Waals surface area contributed by atoms with E-state index < -0.39 is 27.9 Å². The smallest absolute Gasteiger partial charge is 0.323 e. The van der Waals surface area contributed by atoms with Crippen LogP contribution in [0.5, 0.6) is 0 Å². The zero-order chi connectivity index (χ0) is 15.3. The van der Waals surface area contributed by atoms with Crippen LogP contribution in [0.1, 0.15) is 20.3 Å². The Hall–Kier alpha value is -1.54. The first-order valence-corrected chi connectivity index (χ1v) is 7.45. The number of sulfonamides is 1. The average molecular weight is 304 g/mol. The first-order valence-electron chi connectivity index (χ1n) is 5.97. The Bertz CT molecular complexity index is 575. The molecule has 1 N–H and O–H groups in total. The van der Waals surface area contributed by atoms with Crippen LogP contribution in [-0.4, -0.2) is 32.5 Å². The SMILES string of the molecule is COC(=O)C(CC(C)C)NS(=O)(=O)c1cncc(F)c1. The van der Waals surface area contributed by atoms with Gasteiger partial charge < -0.3 is 4.74 Å². The number of hydrogen-bond acceptors (Lipinski definition) is 5. The normalized spacial score (nSPS) is 13.2. The number of hydrogen-bond donors (Lipinski definition) is 1. The van der Waals surface area contributed by atoms with Crippen LogP contribution in [0.2, 0.25) is 0 Å². The van der Waals surface area contributed by atoms with Crippen LogP contribution >= 0.6 is 0 Å². The van der Waals surface area contributed by atoms with Crippen molar-refractivity contribution in [3.63, 3.8) is 0 Å². The molecule has 0 spiro atoms. The van der Waals surface area contributed by atoms with Crippen LogP contribution in [0.3, 0.4) is 0 Å². The van der Waals surface area contributed by atoms with Crippen molar-refractivity contribution >= 4 is 16.0 Å². The summed E-state index contributed by atoms with van der Waals surface area (Å²) in [5.41, 5.74) is 0. The van der Waals surface area contributed by atoms with Gasteiger partial charge in [0.1, 0.15) is 16.8 Å². The minimum atomic E-state index is -4.04. The first kappa shape index (κ1) is 16.5. The molecule has 0 radical (unpaired) electrons. The molecule has 0 saturated carbocycles. The van der Waals surface area contributed by atoms with Gasteiger partial charge in [-0.2, -0.15) is 4.72 Å². The molecule has 112 valence electrons. The van der Waals surface area contributed by atoms with Crippen LogP contribution < -0.4 is 4.72 Å². The molecular weight excluding hydrogens is 287 g/mol. The summed E-state index contributed by atoms with van der Waals surface area (Å²) < 4.78 is 43.9. The van der Waals surface area contributed by atoms with Gasteiger partial charge in [0.05, 0.1) is 13.3 Å². The molecule has 0 aliphatic carbocycles. The van der Waals surface area contributed by atoms with Gasteiger partial charge >= 0.3 is 5.97 Å². The van der Waals surface area contributed by atoms with Crippen molar-refractivity contribution in [2.75, 3.05) is 7.11 Å². The van der Waals surface area contributed by atoms with Crippen molar-refractivity contribution in [3.8, 4) is 0 Å². The standard InChI is InChI=1S/C12H17FN2O4S/c1-8(2)4-11(12(16)19-3)15-20(17,18)10-5-9(13)6-14-7-10/h5-8,11,15H,4H2,1-3H3. The third-order valence-electron chi connectivity index (χ3n) is 2.48. The number of nitrogens with zero attached hydrogens (tertiary/aromatic N) is 1. The number of carbonyl (C=O) groups is 1. The molecule has 0 fully saturated rings. The maximum Gasteiger partial charge on any atom is 0.323 e. The Kier molecular flexibility index (Phi) is 5.58. The number of nitrogens with one attached hydrogen (secondary N) is 1. The highest BCUT2D eigenvalue weighted by molar-refractivity contribution is 7.89. The lowest BCUT2D eigenvalue weighted by molar-refractivity contribution is -0.143. The molecule has 1 aromatic rings. The number of aromatic nitrogens is 1. The van der Waals surface area contributed by atoms with Gasteiger partial charge in [0.25, 0.3) is 0 Å². The summed E-state index contributed by atoms with van der Waals surface area (Å²) >= 11 is 0. The van der Waals surface area contributed by atoms with Crippen molar-refractivity contribution in [1.29, 1.82) is 0 Å². The second kappa shape index (κ2) is 6.76. The van der Waals surface area contributed by atoms with Crippen molar-refractivity contribution < 1.29 is 22.3 Å². The fourth-order valence-corrected chi connectivity index (χ4v) is 2.77. The highest BCUT2D eigenvalue weighted by Crippen LogP contribution is 2.13. The van der Waals surface area contributed by atoms with E-state index in [-0.39, 0.29) is 17.2 Å². The number of rotatable bonds is 6. The highest BCUT2D eigenvalue weighted by atomic mass is 32.2. The zero-order valence-corrected chi connectivity index (χ0v) is 12.3. The fraction of sp³-hybridized carbons (Fsp3) is 0.500. The second-order valence-corrected chi connectivity index (χ2v) is 6.38. The quantitative estimate of drug-likeness (QED) is 0.795. The minimum Gasteiger partial charge on any atom is -0.468 e. The maximum absolute atomic E-state index is 13.0. The lowest BCUT2D eigenvalue weighted by Gasteiger charge is -2.18. The molecule has 1 unspecified atom stereocenters. The maximum atomic E-state index is 13.0. The predicted octanol–water partition coefficient (Wildman–Crippen LogP) is 1.09. The summed E-state index contributed by atoms with van der Waals surface area (Å²) in [6, 6.07) is -0.188. The molecule has 0 aliphatic rings. The van der Waals surface area contributed by atoms with E-state index in [1.165, 1.54) is 7.11 Å². The van der Waals surface area contributed by atoms with Gasteiger partial charge in [0.15, 0.2) is 0 Å². The number of pyridine rings is 1. The van der Waals surface area contributed by atoms with E-state index in [4.69, 9.17) is 0 Å². The molecule has 0 bridgehead atoms. The molecule has 0 aromatic carbocycles. The van der Waals surface area contributed by atoms with Crippen molar-refractivity contribution in [3.05, 3.63) is 24.3 Å². The van der Waals surface area contributed by atoms with E-state index in [9.17, 15) is 17.6 Å². The third-order valence-corrected chi connectivity index (χ3v) is 3.92. The number of halogens is 1. The monoisotopic (exact) mass is 304 g/mol. The van der Waals surface area contributed by atoms with Gasteiger partial charge in [-0.05, 0) is 18.4 Å². The Balaban J connectivity index is 2.99. The summed E-state index contributed by atoms with van der Waals surface area (Å²) in [7, 11) is -2.86. The van der Waals surface area contributed by atoms with Gasteiger partial charge in [0.2, 0.25) is 10.0 Å². The van der Waals surface area contributed by atoms with Gasteiger partial charge in [0, 0.05) is 6.20 Å². The molecule has 0 amide bonds. The molecule has 6 nitrogen and oxygen atoms in total. The highest BCUT2D eigenvalue weighted by Gasteiger charge is 2.27. The minimum absolute atomic E-state index is 0.0763. The predicted molar refractivity (Wildman–Crippen MR) is 69.8 cm³/mol. The van der Waals surface area contributed by atoms with E-state index in [0.29, 0.717) is 0 Å². The second-order valence-electron chi connectivity index (χ2n) is 4.67. The molecule has 1 heterocycles. The lowest BCUT2D eigenvalue weighted by Crippen LogP contribution is -2.42. The van der Waals surface area contributed by atoms with E-state index >= 15 is 0 Å². The van der Waals surface area contributed by atoms with Crippen molar-refractivity contribution in [1.82, 2.24) is 9.71 Å². The fourth-order valence-electron chi connectivity index (χ4n) is 1.60. The van der Waals surface area contributed by atoms with Crippen molar-refractivity contribution in [2.45, 2.75) is 31.2 Å². The molecular formula is C12H17FN2O4S. The van der Waals surface area contributed by atoms with Crippen LogP contribution in [0, 0.1) is 11.7 Å². The topological polar surface area (TPSA) is 85.4 Å². The Morgan fingerprint density at radius 1 is 1.45 bits per heavy atom. The van der Waals surface area contributed by atoms with Crippen LogP contribution in [0.15, 0.2) is 23.4 Å². The number of methoxy groups -OCH3 is 1. The van der Waals surface area contributed by atoms with Gasteiger partial charge in [-0.25, -0.2) is 12.8 Å². The number of ether oxygens (including phenoxy) is 1. The summed E-state index contributed by atoms with van der Waals surface area (Å²) in [4.78, 5) is 14.7. The molecule has 20 heavy (non-hydrogen) atoms. The Morgan fingerprint density at radius 3 is 2.60 bits per heavy atom. The van der Waals surface area contributed by atoms with Gasteiger partial charge in [-0.1, -0.05) is 13.8 Å². The molecule has 0 aliphatic heterocycles. The Labute approximate surface area is 117 Å². The van der Waals surface area contributed by atoms with Gasteiger partial charge in [-0.3, -0.25) is 9.78 Å². The van der Waals surface area contributed by atoms with E-state index in [1.54, 1.807) is 0 Å².